The summed E-state index contributed by atoms with van der Waals surface area (Å²) in [5, 5.41) is 30.0. The molecule has 7 heteroatoms. The van der Waals surface area contributed by atoms with Gasteiger partial charge in [-0.25, -0.2) is 0 Å². The van der Waals surface area contributed by atoms with Crippen molar-refractivity contribution in [2.24, 2.45) is 0 Å². The normalized spacial score (nSPS) is 12.5. The number of aromatic hydroxyl groups is 2. The number of hydrogen-bond acceptors (Lipinski definition) is 6. The van der Waals surface area contributed by atoms with Crippen LogP contribution < -0.4 is 0 Å². The molecular weight excluding hydrogens is 364 g/mol. The van der Waals surface area contributed by atoms with E-state index in [0.29, 0.717) is 6.42 Å². The summed E-state index contributed by atoms with van der Waals surface area (Å²) in [5.74, 6) is -3.40. The molecule has 2 aromatic rings. The number of carboxylic acids is 1. The second-order valence-electron chi connectivity index (χ2n) is 6.61. The van der Waals surface area contributed by atoms with Gasteiger partial charge in [-0.1, -0.05) is 19.1 Å². The summed E-state index contributed by atoms with van der Waals surface area (Å²) in [6.07, 6.45) is -0.0482. The molecule has 0 heterocycles. The Kier molecular flexibility index (Phi) is 5.00. The molecule has 0 saturated carbocycles. The highest BCUT2D eigenvalue weighted by molar-refractivity contribution is 6.30. The highest BCUT2D eigenvalue weighted by Gasteiger charge is 2.36. The van der Waals surface area contributed by atoms with E-state index in [1.54, 1.807) is 6.92 Å². The SMILES string of the molecule is CCC(=O)CCc1c(CC(=O)O)cc2c(c1O)C(=O)c1cccc(O)c1C2=O. The van der Waals surface area contributed by atoms with E-state index in [1.807, 2.05) is 0 Å². The Morgan fingerprint density at radius 1 is 1.00 bits per heavy atom. The molecule has 0 fully saturated rings. The lowest BCUT2D eigenvalue weighted by atomic mass is 9.80. The fraction of sp³-hybridized carbons (Fsp3) is 0.238. The van der Waals surface area contributed by atoms with Crippen molar-refractivity contribution in [3.8, 4) is 11.5 Å². The fourth-order valence-electron chi connectivity index (χ4n) is 3.45. The number of benzene rings is 2. The highest BCUT2D eigenvalue weighted by Crippen LogP contribution is 2.39. The number of carbonyl (C=O) groups excluding carboxylic acids is 3. The first kappa shape index (κ1) is 19.3. The minimum atomic E-state index is -1.18. The number of hydrogen-bond donors (Lipinski definition) is 3. The Labute approximate surface area is 160 Å². The molecule has 7 nitrogen and oxygen atoms in total. The Hall–Kier alpha value is -3.48. The van der Waals surface area contributed by atoms with Crippen LogP contribution in [-0.2, 0) is 22.4 Å². The first-order valence-electron chi connectivity index (χ1n) is 8.78. The molecule has 0 atom stereocenters. The summed E-state index contributed by atoms with van der Waals surface area (Å²) in [5.41, 5.74) is -0.251. The molecular formula is C21H18O7. The minimum absolute atomic E-state index is 0.0330. The highest BCUT2D eigenvalue weighted by atomic mass is 16.4. The van der Waals surface area contributed by atoms with Crippen LogP contribution in [0.4, 0.5) is 0 Å². The largest absolute Gasteiger partial charge is 0.507 e. The van der Waals surface area contributed by atoms with Crippen molar-refractivity contribution in [1.29, 1.82) is 0 Å². The van der Waals surface area contributed by atoms with Crippen molar-refractivity contribution in [2.45, 2.75) is 32.6 Å². The number of carboxylic acid groups (broad SMARTS) is 1. The molecule has 3 N–H and O–H groups in total. The fourth-order valence-corrected chi connectivity index (χ4v) is 3.45. The van der Waals surface area contributed by atoms with Crippen LogP contribution in [0.15, 0.2) is 24.3 Å². The van der Waals surface area contributed by atoms with Crippen LogP contribution in [0.25, 0.3) is 0 Å². The van der Waals surface area contributed by atoms with Crippen molar-refractivity contribution in [3.05, 3.63) is 57.6 Å². The third-order valence-corrected chi connectivity index (χ3v) is 4.87. The third-order valence-electron chi connectivity index (χ3n) is 4.87. The van der Waals surface area contributed by atoms with Gasteiger partial charge in [0.15, 0.2) is 11.6 Å². The maximum Gasteiger partial charge on any atom is 0.307 e. The number of ketones is 3. The van der Waals surface area contributed by atoms with Crippen LogP contribution in [0, 0.1) is 0 Å². The van der Waals surface area contributed by atoms with Gasteiger partial charge in [-0.2, -0.15) is 0 Å². The maximum absolute atomic E-state index is 12.9. The van der Waals surface area contributed by atoms with Gasteiger partial charge in [0.25, 0.3) is 0 Å². The summed E-state index contributed by atoms with van der Waals surface area (Å²) in [7, 11) is 0. The summed E-state index contributed by atoms with van der Waals surface area (Å²) in [6, 6.07) is 5.34. The number of phenolic OH excluding ortho intramolecular Hbond substituents is 2. The molecule has 0 radical (unpaired) electrons. The number of aliphatic carboxylic acids is 1. The van der Waals surface area contributed by atoms with Crippen molar-refractivity contribution in [3.63, 3.8) is 0 Å². The topological polar surface area (TPSA) is 129 Å². The lowest BCUT2D eigenvalue weighted by molar-refractivity contribution is -0.136. The zero-order valence-electron chi connectivity index (χ0n) is 15.1. The van der Waals surface area contributed by atoms with Crippen LogP contribution in [0.2, 0.25) is 0 Å². The van der Waals surface area contributed by atoms with Gasteiger partial charge in [0, 0.05) is 24.0 Å². The van der Waals surface area contributed by atoms with Crippen LogP contribution in [0.1, 0.15) is 62.7 Å². The monoisotopic (exact) mass is 382 g/mol. The Morgan fingerprint density at radius 2 is 1.68 bits per heavy atom. The van der Waals surface area contributed by atoms with E-state index in [2.05, 4.69) is 0 Å². The quantitative estimate of drug-likeness (QED) is 0.597. The van der Waals surface area contributed by atoms with Crippen LogP contribution in [0.5, 0.6) is 11.5 Å². The summed E-state index contributed by atoms with van der Waals surface area (Å²) in [4.78, 5) is 48.7. The average Bonchev–Trinajstić information content (AvgIpc) is 2.64. The predicted octanol–water partition coefficient (Wildman–Crippen LogP) is 2.41. The molecule has 2 aromatic carbocycles. The Balaban J connectivity index is 2.21. The van der Waals surface area contributed by atoms with Gasteiger partial charge in [-0.15, -0.1) is 0 Å². The lowest BCUT2D eigenvalue weighted by Gasteiger charge is -2.22. The van der Waals surface area contributed by atoms with Crippen molar-refractivity contribution < 1.29 is 34.5 Å². The molecule has 0 spiro atoms. The molecule has 0 aromatic heterocycles. The maximum atomic E-state index is 12.9. The van der Waals surface area contributed by atoms with Gasteiger partial charge in [-0.3, -0.25) is 19.2 Å². The van der Waals surface area contributed by atoms with Gasteiger partial charge in [-0.05, 0) is 29.7 Å². The van der Waals surface area contributed by atoms with E-state index in [9.17, 15) is 34.5 Å². The zero-order valence-corrected chi connectivity index (χ0v) is 15.1. The van der Waals surface area contributed by atoms with E-state index < -0.39 is 29.7 Å². The number of rotatable bonds is 6. The Morgan fingerprint density at radius 3 is 2.32 bits per heavy atom. The van der Waals surface area contributed by atoms with E-state index in [4.69, 9.17) is 0 Å². The van der Waals surface area contributed by atoms with Gasteiger partial charge in [0.05, 0.1) is 17.5 Å². The Bertz CT molecular complexity index is 1030. The minimum Gasteiger partial charge on any atom is -0.507 e. The van der Waals surface area contributed by atoms with Crippen LogP contribution in [-0.4, -0.2) is 38.6 Å². The van der Waals surface area contributed by atoms with E-state index >= 15 is 0 Å². The third kappa shape index (κ3) is 3.15. The molecule has 0 aliphatic heterocycles. The predicted molar refractivity (Wildman–Crippen MR) is 98.0 cm³/mol. The van der Waals surface area contributed by atoms with E-state index in [1.165, 1.54) is 24.3 Å². The smallest absolute Gasteiger partial charge is 0.307 e. The van der Waals surface area contributed by atoms with Crippen molar-refractivity contribution in [2.75, 3.05) is 0 Å². The summed E-state index contributed by atoms with van der Waals surface area (Å²) in [6.45, 7) is 1.69. The number of Topliss-reactive ketones (excluding diaryl/α,β-unsaturated/α-hetero) is 1. The molecule has 0 saturated heterocycles. The summed E-state index contributed by atoms with van der Waals surface area (Å²) < 4.78 is 0. The summed E-state index contributed by atoms with van der Waals surface area (Å²) >= 11 is 0. The van der Waals surface area contributed by atoms with Crippen LogP contribution in [0.3, 0.4) is 0 Å². The molecule has 0 unspecified atom stereocenters. The van der Waals surface area contributed by atoms with Gasteiger partial charge in [0.2, 0.25) is 0 Å². The van der Waals surface area contributed by atoms with Gasteiger partial charge < -0.3 is 15.3 Å². The first-order chi connectivity index (χ1) is 13.3. The second-order valence-corrected chi connectivity index (χ2v) is 6.61. The average molecular weight is 382 g/mol. The molecule has 1 aliphatic rings. The van der Waals surface area contributed by atoms with Crippen LogP contribution >= 0.6 is 0 Å². The zero-order chi connectivity index (χ0) is 20.6. The first-order valence-corrected chi connectivity index (χ1v) is 8.78. The molecule has 0 bridgehead atoms. The standard InChI is InChI=1S/C21H18O7/c1-2-11(22)6-7-12-10(9-16(24)25)8-14-18(19(12)26)20(27)13-4-3-5-15(23)17(13)21(14)28/h3-5,8,23,26H,2,6-7,9H2,1H3,(H,24,25). The number of carbonyl (C=O) groups is 4. The molecule has 1 aliphatic carbocycles. The van der Waals surface area contributed by atoms with Gasteiger partial charge in [0.1, 0.15) is 17.3 Å². The second kappa shape index (κ2) is 7.26. The van der Waals surface area contributed by atoms with E-state index in [0.717, 1.165) is 0 Å². The lowest BCUT2D eigenvalue weighted by Crippen LogP contribution is -2.23. The molecule has 0 amide bonds. The van der Waals surface area contributed by atoms with Gasteiger partial charge >= 0.3 is 5.97 Å². The van der Waals surface area contributed by atoms with Crippen molar-refractivity contribution >= 4 is 23.3 Å². The molecule has 144 valence electrons. The number of fused-ring (bicyclic) bond motifs is 2. The van der Waals surface area contributed by atoms with Crippen molar-refractivity contribution in [1.82, 2.24) is 0 Å². The molecule has 3 rings (SSSR count). The number of phenols is 2. The molecule has 28 heavy (non-hydrogen) atoms. The van der Waals surface area contributed by atoms with E-state index in [-0.39, 0.29) is 57.8 Å².